The standard InChI is InChI=1S/C20H24N4O3/c1-15-13-19(27-22-15)14-23-9-11-24(12-10-23)20(26)8-5-17-3-6-18(7-4-17)21-16(2)25/h3-8,13H,9-12,14H2,1-2H3,(H,21,25)/b8-5+. The molecule has 0 saturated carbocycles. The highest BCUT2D eigenvalue weighted by molar-refractivity contribution is 5.92. The van der Waals surface area contributed by atoms with E-state index in [0.717, 1.165) is 42.3 Å². The molecule has 1 fully saturated rings. The van der Waals surface area contributed by atoms with Gasteiger partial charge in [-0.15, -0.1) is 0 Å². The van der Waals surface area contributed by atoms with Crippen molar-refractivity contribution in [3.63, 3.8) is 0 Å². The fourth-order valence-corrected chi connectivity index (χ4v) is 2.99. The number of nitrogens with one attached hydrogen (secondary N) is 1. The highest BCUT2D eigenvalue weighted by atomic mass is 16.5. The van der Waals surface area contributed by atoms with Crippen molar-refractivity contribution in [2.45, 2.75) is 20.4 Å². The van der Waals surface area contributed by atoms with Crippen LogP contribution < -0.4 is 5.32 Å². The average Bonchev–Trinajstić information content (AvgIpc) is 3.06. The molecule has 2 heterocycles. The molecule has 1 aliphatic rings. The van der Waals surface area contributed by atoms with Crippen molar-refractivity contribution >= 4 is 23.6 Å². The fraction of sp³-hybridized carbons (Fsp3) is 0.350. The molecule has 3 rings (SSSR count). The molecule has 0 radical (unpaired) electrons. The second-order valence-corrected chi connectivity index (χ2v) is 6.67. The van der Waals surface area contributed by atoms with E-state index in [0.29, 0.717) is 13.1 Å². The number of carbonyl (C=O) groups is 2. The summed E-state index contributed by atoms with van der Waals surface area (Å²) in [5.41, 5.74) is 2.54. The predicted octanol–water partition coefficient (Wildman–Crippen LogP) is 2.30. The van der Waals surface area contributed by atoms with Crippen LogP contribution in [0.1, 0.15) is 23.9 Å². The van der Waals surface area contributed by atoms with Crippen LogP contribution in [0, 0.1) is 6.92 Å². The monoisotopic (exact) mass is 368 g/mol. The van der Waals surface area contributed by atoms with Gasteiger partial charge < -0.3 is 14.7 Å². The molecule has 1 aromatic heterocycles. The Labute approximate surface area is 158 Å². The molecule has 7 nitrogen and oxygen atoms in total. The van der Waals surface area contributed by atoms with Gasteiger partial charge in [0.15, 0.2) is 5.76 Å². The Bertz CT molecular complexity index is 818. The zero-order valence-corrected chi connectivity index (χ0v) is 15.6. The molecule has 2 aromatic rings. The summed E-state index contributed by atoms with van der Waals surface area (Å²) in [6.45, 7) is 7.10. The normalized spacial score (nSPS) is 15.3. The van der Waals surface area contributed by atoms with E-state index in [4.69, 9.17) is 4.52 Å². The van der Waals surface area contributed by atoms with Crippen molar-refractivity contribution in [1.82, 2.24) is 15.0 Å². The summed E-state index contributed by atoms with van der Waals surface area (Å²) in [7, 11) is 0. The third kappa shape index (κ3) is 5.52. The molecule has 27 heavy (non-hydrogen) atoms. The van der Waals surface area contributed by atoms with E-state index in [1.807, 2.05) is 42.2 Å². The van der Waals surface area contributed by atoms with Crippen molar-refractivity contribution in [3.05, 3.63) is 53.4 Å². The van der Waals surface area contributed by atoms with Crippen LogP contribution in [0.25, 0.3) is 6.08 Å². The summed E-state index contributed by atoms with van der Waals surface area (Å²) < 4.78 is 5.25. The van der Waals surface area contributed by atoms with E-state index in [1.165, 1.54) is 6.92 Å². The van der Waals surface area contributed by atoms with Gasteiger partial charge in [0.2, 0.25) is 11.8 Å². The second-order valence-electron chi connectivity index (χ2n) is 6.67. The smallest absolute Gasteiger partial charge is 0.246 e. The third-order valence-electron chi connectivity index (χ3n) is 4.39. The van der Waals surface area contributed by atoms with Crippen molar-refractivity contribution in [2.24, 2.45) is 0 Å². The Kier molecular flexibility index (Phi) is 6.03. The molecular weight excluding hydrogens is 344 g/mol. The predicted molar refractivity (Wildman–Crippen MR) is 103 cm³/mol. The number of piperazine rings is 1. The van der Waals surface area contributed by atoms with Gasteiger partial charge in [-0.2, -0.15) is 0 Å². The number of aryl methyl sites for hydroxylation is 1. The Balaban J connectivity index is 1.47. The molecule has 0 spiro atoms. The Morgan fingerprint density at radius 1 is 1.19 bits per heavy atom. The van der Waals surface area contributed by atoms with E-state index in [9.17, 15) is 9.59 Å². The van der Waals surface area contributed by atoms with Crippen LogP contribution in [0.15, 0.2) is 40.9 Å². The minimum atomic E-state index is -0.106. The van der Waals surface area contributed by atoms with Gasteiger partial charge in [-0.3, -0.25) is 14.5 Å². The van der Waals surface area contributed by atoms with Crippen LogP contribution in [0.5, 0.6) is 0 Å². The van der Waals surface area contributed by atoms with Crippen LogP contribution in [0.4, 0.5) is 5.69 Å². The van der Waals surface area contributed by atoms with Gasteiger partial charge in [0.25, 0.3) is 0 Å². The Morgan fingerprint density at radius 2 is 1.89 bits per heavy atom. The Morgan fingerprint density at radius 3 is 2.48 bits per heavy atom. The van der Waals surface area contributed by atoms with Crippen molar-refractivity contribution in [2.75, 3.05) is 31.5 Å². The van der Waals surface area contributed by atoms with Crippen LogP contribution in [-0.2, 0) is 16.1 Å². The number of anilines is 1. The van der Waals surface area contributed by atoms with Gasteiger partial charge in [0, 0.05) is 50.9 Å². The lowest BCUT2D eigenvalue weighted by Gasteiger charge is -2.33. The number of hydrogen-bond donors (Lipinski definition) is 1. The number of nitrogens with zero attached hydrogens (tertiary/aromatic N) is 3. The molecule has 2 amide bonds. The van der Waals surface area contributed by atoms with Crippen LogP contribution in [0.2, 0.25) is 0 Å². The zero-order chi connectivity index (χ0) is 19.2. The molecule has 1 aliphatic heterocycles. The first-order valence-electron chi connectivity index (χ1n) is 8.99. The molecule has 0 atom stereocenters. The summed E-state index contributed by atoms with van der Waals surface area (Å²) in [4.78, 5) is 27.5. The van der Waals surface area contributed by atoms with Gasteiger partial charge in [0.05, 0.1) is 12.2 Å². The topological polar surface area (TPSA) is 78.7 Å². The highest BCUT2D eigenvalue weighted by Crippen LogP contribution is 2.12. The van der Waals surface area contributed by atoms with Gasteiger partial charge >= 0.3 is 0 Å². The Hall–Kier alpha value is -2.93. The van der Waals surface area contributed by atoms with Crippen molar-refractivity contribution in [1.29, 1.82) is 0 Å². The molecule has 1 aromatic carbocycles. The quantitative estimate of drug-likeness (QED) is 0.820. The summed E-state index contributed by atoms with van der Waals surface area (Å²) in [6.07, 6.45) is 3.40. The number of aromatic nitrogens is 1. The summed E-state index contributed by atoms with van der Waals surface area (Å²) >= 11 is 0. The lowest BCUT2D eigenvalue weighted by molar-refractivity contribution is -0.127. The van der Waals surface area contributed by atoms with Crippen LogP contribution in [-0.4, -0.2) is 52.9 Å². The van der Waals surface area contributed by atoms with Gasteiger partial charge in [-0.25, -0.2) is 0 Å². The van der Waals surface area contributed by atoms with E-state index >= 15 is 0 Å². The summed E-state index contributed by atoms with van der Waals surface area (Å²) in [6, 6.07) is 9.31. The largest absolute Gasteiger partial charge is 0.360 e. The third-order valence-corrected chi connectivity index (χ3v) is 4.39. The SMILES string of the molecule is CC(=O)Nc1ccc(/C=C/C(=O)N2CCN(Cc3cc(C)no3)CC2)cc1. The number of rotatable bonds is 5. The van der Waals surface area contributed by atoms with Gasteiger partial charge in [-0.1, -0.05) is 17.3 Å². The lowest BCUT2D eigenvalue weighted by atomic mass is 10.2. The van der Waals surface area contributed by atoms with E-state index in [2.05, 4.69) is 15.4 Å². The second kappa shape index (κ2) is 8.64. The van der Waals surface area contributed by atoms with E-state index in [-0.39, 0.29) is 11.8 Å². The molecule has 1 saturated heterocycles. The maximum atomic E-state index is 12.4. The van der Waals surface area contributed by atoms with Crippen LogP contribution in [0.3, 0.4) is 0 Å². The van der Waals surface area contributed by atoms with Crippen molar-refractivity contribution in [3.8, 4) is 0 Å². The number of carbonyl (C=O) groups excluding carboxylic acids is 2. The number of hydrogen-bond acceptors (Lipinski definition) is 5. The number of amides is 2. The van der Waals surface area contributed by atoms with E-state index < -0.39 is 0 Å². The first-order chi connectivity index (χ1) is 13.0. The molecule has 0 unspecified atom stereocenters. The van der Waals surface area contributed by atoms with E-state index in [1.54, 1.807) is 12.2 Å². The average molecular weight is 368 g/mol. The van der Waals surface area contributed by atoms with Crippen LogP contribution >= 0.6 is 0 Å². The number of benzene rings is 1. The molecule has 1 N–H and O–H groups in total. The van der Waals surface area contributed by atoms with Gasteiger partial charge in [-0.05, 0) is 30.7 Å². The molecule has 142 valence electrons. The first kappa shape index (κ1) is 18.8. The van der Waals surface area contributed by atoms with Gasteiger partial charge in [0.1, 0.15) is 0 Å². The maximum absolute atomic E-state index is 12.4. The lowest BCUT2D eigenvalue weighted by Crippen LogP contribution is -2.47. The maximum Gasteiger partial charge on any atom is 0.246 e. The molecule has 7 heteroatoms. The van der Waals surface area contributed by atoms with Crippen molar-refractivity contribution < 1.29 is 14.1 Å². The molecule has 0 aliphatic carbocycles. The minimum absolute atomic E-state index is 0.0103. The summed E-state index contributed by atoms with van der Waals surface area (Å²) in [5, 5.41) is 6.62. The highest BCUT2D eigenvalue weighted by Gasteiger charge is 2.20. The zero-order valence-electron chi connectivity index (χ0n) is 15.6. The first-order valence-corrected chi connectivity index (χ1v) is 8.99. The fourth-order valence-electron chi connectivity index (χ4n) is 2.99. The molecule has 0 bridgehead atoms. The minimum Gasteiger partial charge on any atom is -0.360 e. The molecular formula is C20H24N4O3. The summed E-state index contributed by atoms with van der Waals surface area (Å²) in [5.74, 6) is 0.761.